The van der Waals surface area contributed by atoms with Crippen LogP contribution in [0.1, 0.15) is 0 Å². The van der Waals surface area contributed by atoms with E-state index in [4.69, 9.17) is 0 Å². The van der Waals surface area contributed by atoms with Gasteiger partial charge < -0.3 is 0 Å². The van der Waals surface area contributed by atoms with Crippen LogP contribution in [0.3, 0.4) is 0 Å². The third-order valence-corrected chi connectivity index (χ3v) is 18.9. The van der Waals surface area contributed by atoms with Gasteiger partial charge in [0.15, 0.2) is 0 Å². The van der Waals surface area contributed by atoms with Crippen LogP contribution >= 0.6 is 0 Å². The second-order valence-electron chi connectivity index (χ2n) is 6.51. The first-order chi connectivity index (χ1) is 7.56. The summed E-state index contributed by atoms with van der Waals surface area (Å²) in [6, 6.07) is 0. The van der Waals surface area contributed by atoms with Crippen LogP contribution in [0, 0.1) is 0 Å². The second kappa shape index (κ2) is 4.27. The first kappa shape index (κ1) is 15.6. The van der Waals surface area contributed by atoms with Gasteiger partial charge in [0, 0.05) is 0 Å². The zero-order chi connectivity index (χ0) is 13.7. The van der Waals surface area contributed by atoms with E-state index < -0.39 is 16.6 Å². The zero-order valence-corrected chi connectivity index (χ0v) is 14.7. The Hall–Kier alpha value is 0.514. The van der Waals surface area contributed by atoms with Crippen molar-refractivity contribution in [2.24, 2.45) is 0 Å². The Morgan fingerprint density at radius 2 is 1.24 bits per heavy atom. The summed E-state index contributed by atoms with van der Waals surface area (Å²) in [5, 5.41) is 0. The standard InChI is InChI=1S/C5H13N2.3C2H6N.Ti/c1-6-4-5-7(2)3;3*1-3-2;/h4-5H2,1-3H3;3*1-2H3;/q4*-1;+5. The first-order valence-electron chi connectivity index (χ1n) is 6.28. The van der Waals surface area contributed by atoms with E-state index >= 15 is 0 Å². The van der Waals surface area contributed by atoms with Crippen molar-refractivity contribution in [1.29, 1.82) is 0 Å². The van der Waals surface area contributed by atoms with E-state index in [1.54, 1.807) is 0 Å². The Labute approximate surface area is 110 Å². The summed E-state index contributed by atoms with van der Waals surface area (Å²) < 4.78 is 11.3. The Balaban J connectivity index is 3.68. The molecule has 103 valence electrons. The molecule has 0 atom stereocenters. The summed E-state index contributed by atoms with van der Waals surface area (Å²) in [4.78, 5) is 0. The normalized spacial score (nSPS) is 29.8. The number of hydrogen-bond acceptors (Lipinski definition) is 4. The van der Waals surface area contributed by atoms with Crippen LogP contribution in [-0.2, 0) is 16.6 Å². The molecule has 1 heterocycles. The molecule has 17 heavy (non-hydrogen) atoms. The summed E-state index contributed by atoms with van der Waals surface area (Å²) in [5.41, 5.74) is 0. The van der Waals surface area contributed by atoms with Crippen LogP contribution in [0.5, 0.6) is 0 Å². The summed E-state index contributed by atoms with van der Waals surface area (Å²) in [5.74, 6) is 0. The fraction of sp³-hybridized carbons (Fsp3) is 1.00. The Bertz CT molecular complexity index is 276. The molecule has 1 aliphatic heterocycles. The summed E-state index contributed by atoms with van der Waals surface area (Å²) >= 11 is -3.32. The van der Waals surface area contributed by atoms with E-state index in [1.807, 2.05) is 0 Å². The van der Waals surface area contributed by atoms with E-state index in [-0.39, 0.29) is 0 Å². The molecule has 0 aromatic rings. The fourth-order valence-corrected chi connectivity index (χ4v) is 20.1. The molecule has 0 bridgehead atoms. The van der Waals surface area contributed by atoms with E-state index in [9.17, 15) is 0 Å². The van der Waals surface area contributed by atoms with Crippen molar-refractivity contribution in [2.45, 2.75) is 0 Å². The molecule has 1 saturated heterocycles. The second-order valence-corrected chi connectivity index (χ2v) is 16.9. The van der Waals surface area contributed by atoms with Crippen LogP contribution < -0.4 is 0 Å². The molecule has 0 unspecified atom stereocenters. The topological polar surface area (TPSA) is 13.0 Å². The Kier molecular flexibility index (Phi) is 3.91. The fourth-order valence-electron chi connectivity index (χ4n) is 5.11. The van der Waals surface area contributed by atoms with Gasteiger partial charge in [-0.2, -0.15) is 0 Å². The van der Waals surface area contributed by atoms with Crippen molar-refractivity contribution in [1.82, 2.24) is 13.5 Å². The van der Waals surface area contributed by atoms with Gasteiger partial charge in [-0.1, -0.05) is 0 Å². The van der Waals surface area contributed by atoms with E-state index in [2.05, 4.69) is 77.0 Å². The van der Waals surface area contributed by atoms with Gasteiger partial charge >= 0.3 is 110 Å². The molecule has 0 radical (unpaired) electrons. The Morgan fingerprint density at radius 1 is 0.882 bits per heavy atom. The molecule has 0 spiro atoms. The number of likely N-dealkylation sites (N-methyl/N-ethyl adjacent to an activating group) is 2. The van der Waals surface area contributed by atoms with Gasteiger partial charge in [0.05, 0.1) is 0 Å². The van der Waals surface area contributed by atoms with Gasteiger partial charge in [-0.15, -0.1) is 0 Å². The van der Waals surface area contributed by atoms with Crippen molar-refractivity contribution in [2.75, 3.05) is 76.5 Å². The van der Waals surface area contributed by atoms with Crippen molar-refractivity contribution in [3.63, 3.8) is 0 Å². The van der Waals surface area contributed by atoms with Crippen molar-refractivity contribution < 1.29 is 19.6 Å². The molecule has 5 nitrogen and oxygen atoms in total. The molecular formula is C11H31N5Ti+. The van der Waals surface area contributed by atoms with Crippen molar-refractivity contribution in [3.05, 3.63) is 0 Å². The van der Waals surface area contributed by atoms with Crippen molar-refractivity contribution in [3.8, 4) is 0 Å². The van der Waals surface area contributed by atoms with Crippen LogP contribution in [-0.4, -0.2) is 93.0 Å². The average molecular weight is 281 g/mol. The van der Waals surface area contributed by atoms with Crippen LogP contribution in [0.4, 0.5) is 0 Å². The predicted octanol–water partition coefficient (Wildman–Crippen LogP) is -0.0424. The maximum absolute atomic E-state index is 3.32. The molecular weight excluding hydrogens is 250 g/mol. The van der Waals surface area contributed by atoms with Gasteiger partial charge in [-0.3, -0.25) is 0 Å². The van der Waals surface area contributed by atoms with E-state index in [0.29, 0.717) is 0 Å². The van der Waals surface area contributed by atoms with Gasteiger partial charge in [0.2, 0.25) is 0 Å². The molecule has 1 fully saturated rings. The molecule has 1 aliphatic rings. The zero-order valence-electron chi connectivity index (χ0n) is 13.2. The predicted molar refractivity (Wildman–Crippen MR) is 70.7 cm³/mol. The monoisotopic (exact) mass is 281 g/mol. The van der Waals surface area contributed by atoms with Crippen LogP contribution in [0.25, 0.3) is 0 Å². The number of rotatable bonds is 3. The molecule has 0 aliphatic carbocycles. The molecule has 0 amide bonds. The van der Waals surface area contributed by atoms with Gasteiger partial charge in [0.1, 0.15) is 0 Å². The molecule has 1 rings (SSSR count). The molecule has 6 heteroatoms. The minimum absolute atomic E-state index is 1.08. The average Bonchev–Trinajstić information content (AvgIpc) is 2.35. The molecule has 0 aromatic heterocycles. The minimum atomic E-state index is -3.32. The third-order valence-electron chi connectivity index (χ3n) is 5.16. The quantitative estimate of drug-likeness (QED) is 0.673. The summed E-state index contributed by atoms with van der Waals surface area (Å²) in [6.07, 6.45) is 0. The van der Waals surface area contributed by atoms with Crippen LogP contribution in [0.2, 0.25) is 0 Å². The number of hydrogen-bond donors (Lipinski definition) is 0. The summed E-state index contributed by atoms with van der Waals surface area (Å²) in [7, 11) is 20.6. The third kappa shape index (κ3) is 1.36. The van der Waals surface area contributed by atoms with Crippen molar-refractivity contribution >= 4 is 0 Å². The van der Waals surface area contributed by atoms with E-state index in [1.165, 1.54) is 13.1 Å². The first-order valence-corrected chi connectivity index (χ1v) is 9.77. The molecule has 0 saturated carbocycles. The number of quaternary nitrogens is 1. The molecule has 0 N–H and O–H groups in total. The van der Waals surface area contributed by atoms with Gasteiger partial charge in [-0.25, -0.2) is 0 Å². The Morgan fingerprint density at radius 3 is 1.35 bits per heavy atom. The van der Waals surface area contributed by atoms with Gasteiger partial charge in [0.25, 0.3) is 0 Å². The number of nitrogens with zero attached hydrogens (tertiary/aromatic N) is 5. The SMILES string of the molecule is C[N](C)[Ti]1([N](C)C)([N](C)C)[N](C)CC[N+]1(C)C. The van der Waals surface area contributed by atoms with E-state index in [0.717, 1.165) is 2.97 Å². The molecule has 0 aromatic carbocycles. The summed E-state index contributed by atoms with van der Waals surface area (Å²) in [6.45, 7) is 2.38. The van der Waals surface area contributed by atoms with Gasteiger partial charge in [-0.05, 0) is 0 Å². The maximum atomic E-state index is 2.64. The van der Waals surface area contributed by atoms with Crippen LogP contribution in [0.15, 0.2) is 0 Å².